The molecule has 110 valence electrons. The molecule has 3 saturated carbocycles. The molecule has 0 radical (unpaired) electrons. The summed E-state index contributed by atoms with van der Waals surface area (Å²) in [6, 6.07) is 21.4. The van der Waals surface area contributed by atoms with Gasteiger partial charge in [0.1, 0.15) is 5.78 Å². The van der Waals surface area contributed by atoms with E-state index in [1.165, 1.54) is 11.1 Å². The van der Waals surface area contributed by atoms with Gasteiger partial charge in [-0.3, -0.25) is 4.79 Å². The number of fused-ring (bicyclic) bond motifs is 1. The summed E-state index contributed by atoms with van der Waals surface area (Å²) in [6.07, 6.45) is 0. The van der Waals surface area contributed by atoms with Crippen LogP contribution in [0.5, 0.6) is 0 Å². The van der Waals surface area contributed by atoms with Crippen molar-refractivity contribution >= 4 is 5.78 Å². The molecule has 1 nitrogen and oxygen atoms in total. The predicted octanol–water partition coefficient (Wildman–Crippen LogP) is 4.19. The Morgan fingerprint density at radius 3 is 2.05 bits per heavy atom. The second kappa shape index (κ2) is 3.71. The molecule has 22 heavy (non-hydrogen) atoms. The van der Waals surface area contributed by atoms with E-state index in [-0.39, 0.29) is 22.7 Å². The molecule has 0 amide bonds. The van der Waals surface area contributed by atoms with E-state index in [0.29, 0.717) is 17.6 Å². The first-order valence-electron chi connectivity index (χ1n) is 8.26. The highest BCUT2D eigenvalue weighted by Gasteiger charge is 2.91. The maximum atomic E-state index is 12.7. The van der Waals surface area contributed by atoms with Gasteiger partial charge in [0.05, 0.1) is 0 Å². The van der Waals surface area contributed by atoms with Crippen LogP contribution in [-0.4, -0.2) is 5.78 Å². The summed E-state index contributed by atoms with van der Waals surface area (Å²) in [6.45, 7) is 4.77. The molecule has 3 fully saturated rings. The molecule has 0 bridgehead atoms. The summed E-state index contributed by atoms with van der Waals surface area (Å²) in [7, 11) is 0. The van der Waals surface area contributed by atoms with Crippen molar-refractivity contribution in [2.24, 2.45) is 23.2 Å². The van der Waals surface area contributed by atoms with Crippen molar-refractivity contribution in [1.29, 1.82) is 0 Å². The fourth-order valence-electron chi connectivity index (χ4n) is 6.22. The molecule has 0 unspecified atom stereocenters. The summed E-state index contributed by atoms with van der Waals surface area (Å²) in [5.41, 5.74) is 2.93. The second-order valence-corrected chi connectivity index (χ2v) is 7.78. The van der Waals surface area contributed by atoms with Crippen molar-refractivity contribution < 1.29 is 4.79 Å². The third kappa shape index (κ3) is 1.11. The van der Waals surface area contributed by atoms with Gasteiger partial charge in [0.2, 0.25) is 0 Å². The van der Waals surface area contributed by atoms with E-state index in [1.54, 1.807) is 0 Å². The molecular weight excluding hydrogens is 268 g/mol. The van der Waals surface area contributed by atoms with Crippen molar-refractivity contribution in [2.75, 3.05) is 0 Å². The topological polar surface area (TPSA) is 17.1 Å². The normalized spacial score (nSPS) is 40.0. The minimum absolute atomic E-state index is 0.0799. The predicted molar refractivity (Wildman–Crippen MR) is 86.6 cm³/mol. The minimum atomic E-state index is 0.0799. The average Bonchev–Trinajstić information content (AvgIpc) is 3.15. The van der Waals surface area contributed by atoms with Gasteiger partial charge in [0.25, 0.3) is 0 Å². The summed E-state index contributed by atoms with van der Waals surface area (Å²) in [5, 5.41) is 0. The number of hydrogen-bond acceptors (Lipinski definition) is 1. The Balaban J connectivity index is 1.70. The van der Waals surface area contributed by atoms with E-state index in [2.05, 4.69) is 74.5 Å². The summed E-state index contributed by atoms with van der Waals surface area (Å²) < 4.78 is 0. The average molecular weight is 288 g/mol. The Morgan fingerprint density at radius 2 is 1.41 bits per heavy atom. The quantitative estimate of drug-likeness (QED) is 0.809. The van der Waals surface area contributed by atoms with Gasteiger partial charge in [-0.15, -0.1) is 0 Å². The Morgan fingerprint density at radius 1 is 0.818 bits per heavy atom. The van der Waals surface area contributed by atoms with E-state index in [0.717, 1.165) is 0 Å². The van der Waals surface area contributed by atoms with Crippen LogP contribution in [0, 0.1) is 23.2 Å². The molecule has 0 aromatic heterocycles. The van der Waals surface area contributed by atoms with E-state index >= 15 is 0 Å². The van der Waals surface area contributed by atoms with Crippen LogP contribution < -0.4 is 0 Å². The Kier molecular flexibility index (Phi) is 2.13. The lowest BCUT2D eigenvalue weighted by Crippen LogP contribution is -2.45. The van der Waals surface area contributed by atoms with Crippen LogP contribution in [0.25, 0.3) is 0 Å². The fourth-order valence-corrected chi connectivity index (χ4v) is 6.22. The number of hydrogen-bond donors (Lipinski definition) is 0. The van der Waals surface area contributed by atoms with Gasteiger partial charge in [-0.1, -0.05) is 74.5 Å². The van der Waals surface area contributed by atoms with E-state index in [1.807, 2.05) is 0 Å². The lowest BCUT2D eigenvalue weighted by atomic mass is 9.57. The number of rotatable bonds is 2. The molecule has 2 aromatic rings. The maximum Gasteiger partial charge on any atom is 0.141 e. The second-order valence-electron chi connectivity index (χ2n) is 7.78. The molecule has 5 rings (SSSR count). The monoisotopic (exact) mass is 288 g/mol. The van der Waals surface area contributed by atoms with Gasteiger partial charge in [0.15, 0.2) is 0 Å². The van der Waals surface area contributed by atoms with Gasteiger partial charge in [-0.25, -0.2) is 0 Å². The number of benzene rings is 2. The zero-order chi connectivity index (χ0) is 15.1. The molecule has 0 saturated heterocycles. The molecular formula is C21H20O. The number of ketones is 1. The SMILES string of the molecule is CC1(C)[C@H](c2ccccc2)[C@@H]2C(=O)[C@@H]3[C@H]2[C@]31c1ccccc1. The van der Waals surface area contributed by atoms with Gasteiger partial charge in [-0.2, -0.15) is 0 Å². The molecule has 0 aliphatic heterocycles. The van der Waals surface area contributed by atoms with Crippen LogP contribution in [0.3, 0.4) is 0 Å². The molecule has 0 N–H and O–H groups in total. The third-order valence-corrected chi connectivity index (χ3v) is 6.90. The minimum Gasteiger partial charge on any atom is -0.299 e. The van der Waals surface area contributed by atoms with Gasteiger partial charge >= 0.3 is 0 Å². The highest BCUT2D eigenvalue weighted by Crippen LogP contribution is 2.88. The van der Waals surface area contributed by atoms with Gasteiger partial charge in [-0.05, 0) is 28.4 Å². The van der Waals surface area contributed by atoms with Crippen molar-refractivity contribution in [3.8, 4) is 0 Å². The molecule has 3 aliphatic rings. The Bertz CT molecular complexity index is 761. The molecule has 5 atom stereocenters. The molecule has 3 aliphatic carbocycles. The van der Waals surface area contributed by atoms with Crippen LogP contribution in [0.15, 0.2) is 60.7 Å². The number of carbonyl (C=O) groups excluding carboxylic acids is 1. The van der Waals surface area contributed by atoms with Crippen LogP contribution in [0.1, 0.15) is 30.9 Å². The fraction of sp³-hybridized carbons (Fsp3) is 0.381. The zero-order valence-electron chi connectivity index (χ0n) is 13.0. The standard InChI is InChI=1S/C21H20O/c1-20(2)16(13-9-5-3-6-10-13)15-17-18(19(15)22)21(17,20)14-11-7-4-8-12-14/h3-12,15-18H,1-2H3/t15-,16+,17-,18-,21+/m0/s1. The smallest absolute Gasteiger partial charge is 0.141 e. The number of Topliss-reactive ketones (excluding diaryl/α,β-unsaturated/α-hetero) is 1. The molecule has 0 spiro atoms. The van der Waals surface area contributed by atoms with Crippen molar-refractivity contribution in [3.63, 3.8) is 0 Å². The Hall–Kier alpha value is -1.89. The van der Waals surface area contributed by atoms with Gasteiger partial charge < -0.3 is 0 Å². The van der Waals surface area contributed by atoms with Crippen molar-refractivity contribution in [2.45, 2.75) is 25.2 Å². The van der Waals surface area contributed by atoms with Crippen LogP contribution in [-0.2, 0) is 10.2 Å². The van der Waals surface area contributed by atoms with Crippen molar-refractivity contribution in [3.05, 3.63) is 71.8 Å². The highest BCUT2D eigenvalue weighted by atomic mass is 16.1. The first kappa shape index (κ1) is 12.6. The summed E-state index contributed by atoms with van der Waals surface area (Å²) in [4.78, 5) is 12.7. The molecule has 2 aromatic carbocycles. The number of carbonyl (C=O) groups is 1. The lowest BCUT2D eigenvalue weighted by Gasteiger charge is -2.45. The zero-order valence-corrected chi connectivity index (χ0v) is 13.0. The first-order valence-corrected chi connectivity index (χ1v) is 8.26. The molecule has 1 heteroatoms. The van der Waals surface area contributed by atoms with E-state index in [4.69, 9.17) is 0 Å². The van der Waals surface area contributed by atoms with Crippen LogP contribution >= 0.6 is 0 Å². The van der Waals surface area contributed by atoms with Crippen LogP contribution in [0.2, 0.25) is 0 Å². The first-order chi connectivity index (χ1) is 10.6. The van der Waals surface area contributed by atoms with Crippen LogP contribution in [0.4, 0.5) is 0 Å². The van der Waals surface area contributed by atoms with E-state index in [9.17, 15) is 4.79 Å². The van der Waals surface area contributed by atoms with Gasteiger partial charge in [0, 0.05) is 17.3 Å². The molecule has 0 heterocycles. The van der Waals surface area contributed by atoms with E-state index < -0.39 is 0 Å². The lowest BCUT2D eigenvalue weighted by molar-refractivity contribution is -0.134. The summed E-state index contributed by atoms with van der Waals surface area (Å²) >= 11 is 0. The largest absolute Gasteiger partial charge is 0.299 e. The van der Waals surface area contributed by atoms with Crippen molar-refractivity contribution in [1.82, 2.24) is 0 Å². The summed E-state index contributed by atoms with van der Waals surface area (Å²) in [5.74, 6) is 1.97. The Labute approximate surface area is 131 Å². The third-order valence-electron chi connectivity index (χ3n) is 6.90. The highest BCUT2D eigenvalue weighted by molar-refractivity contribution is 6.01. The maximum absolute atomic E-state index is 12.7.